The van der Waals surface area contributed by atoms with E-state index in [0.717, 1.165) is 37.1 Å². The molecule has 3 rings (SSSR count). The lowest BCUT2D eigenvalue weighted by molar-refractivity contribution is -0.123. The summed E-state index contributed by atoms with van der Waals surface area (Å²) in [5, 5.41) is 14.6. The van der Waals surface area contributed by atoms with Crippen LogP contribution in [0.3, 0.4) is 0 Å². The first kappa shape index (κ1) is 13.7. The Kier molecular flexibility index (Phi) is 3.89. The molecule has 1 aliphatic rings. The van der Waals surface area contributed by atoms with Gasteiger partial charge >= 0.3 is 0 Å². The first-order valence-electron chi connectivity index (χ1n) is 7.19. The van der Waals surface area contributed by atoms with Crippen LogP contribution in [0.4, 0.5) is 0 Å². The van der Waals surface area contributed by atoms with Gasteiger partial charge in [-0.3, -0.25) is 9.78 Å². The number of pyridine rings is 1. The van der Waals surface area contributed by atoms with Gasteiger partial charge in [-0.25, -0.2) is 4.68 Å². The SMILES string of the molecule is Cc1ccnc(CNC(=O)C2CCCCn3nnnc32)c1. The van der Waals surface area contributed by atoms with E-state index in [1.165, 1.54) is 0 Å². The van der Waals surface area contributed by atoms with E-state index < -0.39 is 0 Å². The molecule has 1 N–H and O–H groups in total. The molecule has 0 fully saturated rings. The summed E-state index contributed by atoms with van der Waals surface area (Å²) in [6.45, 7) is 3.22. The fourth-order valence-corrected chi connectivity index (χ4v) is 2.60. The number of aryl methyl sites for hydroxylation is 2. The molecular weight excluding hydrogens is 268 g/mol. The van der Waals surface area contributed by atoms with Gasteiger partial charge in [0, 0.05) is 12.7 Å². The summed E-state index contributed by atoms with van der Waals surface area (Å²) in [6.07, 6.45) is 4.53. The Morgan fingerprint density at radius 3 is 3.24 bits per heavy atom. The first-order valence-corrected chi connectivity index (χ1v) is 7.19. The predicted octanol–water partition coefficient (Wildman–Crippen LogP) is 0.960. The van der Waals surface area contributed by atoms with Crippen molar-refractivity contribution in [3.63, 3.8) is 0 Å². The number of tetrazole rings is 1. The number of amides is 1. The van der Waals surface area contributed by atoms with Crippen molar-refractivity contribution in [2.75, 3.05) is 0 Å². The largest absolute Gasteiger partial charge is 0.350 e. The van der Waals surface area contributed by atoms with E-state index in [4.69, 9.17) is 0 Å². The summed E-state index contributed by atoms with van der Waals surface area (Å²) >= 11 is 0. The Bertz CT molecular complexity index is 638. The molecule has 0 saturated carbocycles. The highest BCUT2D eigenvalue weighted by atomic mass is 16.1. The second-order valence-corrected chi connectivity index (χ2v) is 5.35. The van der Waals surface area contributed by atoms with Gasteiger partial charge in [0.15, 0.2) is 5.82 Å². The Morgan fingerprint density at radius 2 is 2.38 bits per heavy atom. The maximum absolute atomic E-state index is 12.4. The molecule has 3 heterocycles. The topological polar surface area (TPSA) is 85.6 Å². The zero-order valence-electron chi connectivity index (χ0n) is 12.0. The van der Waals surface area contributed by atoms with Crippen LogP contribution in [0.25, 0.3) is 0 Å². The van der Waals surface area contributed by atoms with Crippen LogP contribution in [0.5, 0.6) is 0 Å². The molecule has 0 aromatic carbocycles. The van der Waals surface area contributed by atoms with Gasteiger partial charge in [-0.05, 0) is 47.9 Å². The lowest BCUT2D eigenvalue weighted by Gasteiger charge is -2.13. The summed E-state index contributed by atoms with van der Waals surface area (Å²) in [6, 6.07) is 3.90. The van der Waals surface area contributed by atoms with Crippen molar-refractivity contribution in [2.45, 2.75) is 45.2 Å². The third-order valence-electron chi connectivity index (χ3n) is 3.72. The highest BCUT2D eigenvalue weighted by Gasteiger charge is 2.28. The van der Waals surface area contributed by atoms with Crippen LogP contribution in [-0.2, 0) is 17.9 Å². The molecule has 1 aliphatic heterocycles. The molecule has 0 bridgehead atoms. The van der Waals surface area contributed by atoms with E-state index in [0.29, 0.717) is 12.4 Å². The summed E-state index contributed by atoms with van der Waals surface area (Å²) < 4.78 is 1.74. The minimum Gasteiger partial charge on any atom is -0.350 e. The van der Waals surface area contributed by atoms with Crippen LogP contribution in [0.1, 0.15) is 42.3 Å². The highest BCUT2D eigenvalue weighted by Crippen LogP contribution is 2.23. The maximum atomic E-state index is 12.4. The van der Waals surface area contributed by atoms with Crippen LogP contribution in [-0.4, -0.2) is 31.1 Å². The zero-order valence-corrected chi connectivity index (χ0v) is 12.0. The number of hydrogen-bond donors (Lipinski definition) is 1. The lowest BCUT2D eigenvalue weighted by atomic mass is 10.0. The van der Waals surface area contributed by atoms with Crippen LogP contribution in [0.2, 0.25) is 0 Å². The fraction of sp³-hybridized carbons (Fsp3) is 0.500. The van der Waals surface area contributed by atoms with Gasteiger partial charge in [0.05, 0.1) is 18.2 Å². The van der Waals surface area contributed by atoms with E-state index in [9.17, 15) is 4.79 Å². The molecule has 2 aromatic rings. The lowest BCUT2D eigenvalue weighted by Crippen LogP contribution is -2.30. The van der Waals surface area contributed by atoms with Gasteiger partial charge in [-0.1, -0.05) is 6.42 Å². The van der Waals surface area contributed by atoms with Crippen molar-refractivity contribution in [3.8, 4) is 0 Å². The first-order chi connectivity index (χ1) is 10.2. The molecule has 21 heavy (non-hydrogen) atoms. The van der Waals surface area contributed by atoms with Crippen molar-refractivity contribution in [1.82, 2.24) is 30.5 Å². The summed E-state index contributed by atoms with van der Waals surface area (Å²) in [4.78, 5) is 16.7. The molecule has 1 unspecified atom stereocenters. The maximum Gasteiger partial charge on any atom is 0.231 e. The van der Waals surface area contributed by atoms with Crippen LogP contribution >= 0.6 is 0 Å². The Hall–Kier alpha value is -2.31. The van der Waals surface area contributed by atoms with Crippen LogP contribution < -0.4 is 5.32 Å². The molecule has 0 aliphatic carbocycles. The Labute approximate surface area is 122 Å². The van der Waals surface area contributed by atoms with Crippen molar-refractivity contribution < 1.29 is 4.79 Å². The van der Waals surface area contributed by atoms with E-state index in [1.807, 2.05) is 19.1 Å². The highest BCUT2D eigenvalue weighted by molar-refractivity contribution is 5.82. The number of hydrogen-bond acceptors (Lipinski definition) is 5. The minimum atomic E-state index is -0.271. The smallest absolute Gasteiger partial charge is 0.231 e. The molecule has 0 spiro atoms. The average Bonchev–Trinajstić information content (AvgIpc) is 2.84. The molecule has 2 aromatic heterocycles. The van der Waals surface area contributed by atoms with E-state index >= 15 is 0 Å². The number of aromatic nitrogens is 5. The zero-order chi connectivity index (χ0) is 14.7. The molecule has 110 valence electrons. The molecule has 7 nitrogen and oxygen atoms in total. The number of carbonyl (C=O) groups excluding carboxylic acids is 1. The van der Waals surface area contributed by atoms with Gasteiger partial charge in [0.1, 0.15) is 0 Å². The fourth-order valence-electron chi connectivity index (χ4n) is 2.60. The molecule has 0 saturated heterocycles. The third kappa shape index (κ3) is 3.07. The van der Waals surface area contributed by atoms with Gasteiger partial charge in [0.25, 0.3) is 0 Å². The predicted molar refractivity (Wildman–Crippen MR) is 75.2 cm³/mol. The van der Waals surface area contributed by atoms with Gasteiger partial charge in [-0.15, -0.1) is 5.10 Å². The summed E-state index contributed by atoms with van der Waals surface area (Å²) in [5.74, 6) is 0.366. The van der Waals surface area contributed by atoms with Crippen LogP contribution in [0.15, 0.2) is 18.3 Å². The molecule has 7 heteroatoms. The molecule has 1 atom stereocenters. The summed E-state index contributed by atoms with van der Waals surface area (Å²) in [7, 11) is 0. The van der Waals surface area contributed by atoms with Gasteiger partial charge in [0.2, 0.25) is 5.91 Å². The van der Waals surface area contributed by atoms with Crippen LogP contribution in [0, 0.1) is 6.92 Å². The molecular formula is C14H18N6O. The van der Waals surface area contributed by atoms with E-state index in [1.54, 1.807) is 10.9 Å². The average molecular weight is 286 g/mol. The normalized spacial score (nSPS) is 17.9. The standard InChI is InChI=1S/C14H18N6O/c1-10-5-6-15-11(8-10)9-16-14(21)12-4-2-3-7-20-13(12)17-18-19-20/h5-6,8,12H,2-4,7,9H2,1H3,(H,16,21). The third-order valence-corrected chi connectivity index (χ3v) is 3.72. The van der Waals surface area contributed by atoms with Crippen molar-refractivity contribution in [2.24, 2.45) is 0 Å². The minimum absolute atomic E-state index is 0.0312. The Balaban J connectivity index is 1.68. The second-order valence-electron chi connectivity index (χ2n) is 5.35. The quantitative estimate of drug-likeness (QED) is 0.908. The van der Waals surface area contributed by atoms with Gasteiger partial charge in [-0.2, -0.15) is 0 Å². The second kappa shape index (κ2) is 5.99. The van der Waals surface area contributed by atoms with E-state index in [2.05, 4.69) is 25.8 Å². The number of fused-ring (bicyclic) bond motifs is 1. The molecule has 0 radical (unpaired) electrons. The van der Waals surface area contributed by atoms with Gasteiger partial charge < -0.3 is 5.32 Å². The number of rotatable bonds is 3. The Morgan fingerprint density at radius 1 is 1.48 bits per heavy atom. The van der Waals surface area contributed by atoms with E-state index in [-0.39, 0.29) is 11.8 Å². The number of nitrogens with zero attached hydrogens (tertiary/aromatic N) is 5. The number of nitrogens with one attached hydrogen (secondary N) is 1. The number of carbonyl (C=O) groups is 1. The van der Waals surface area contributed by atoms with Crippen molar-refractivity contribution in [3.05, 3.63) is 35.4 Å². The van der Waals surface area contributed by atoms with Crippen molar-refractivity contribution in [1.29, 1.82) is 0 Å². The monoisotopic (exact) mass is 286 g/mol. The van der Waals surface area contributed by atoms with Crippen molar-refractivity contribution >= 4 is 5.91 Å². The molecule has 1 amide bonds. The summed E-state index contributed by atoms with van der Waals surface area (Å²) in [5.41, 5.74) is 1.99.